The van der Waals surface area contributed by atoms with Crippen LogP contribution in [0.4, 0.5) is 24.5 Å². The van der Waals surface area contributed by atoms with Gasteiger partial charge in [0.15, 0.2) is 16.4 Å². The molecular formula is C30H31F3N4O3S2. The maximum Gasteiger partial charge on any atom is 0.393 e. The van der Waals surface area contributed by atoms with Crippen LogP contribution in [0.2, 0.25) is 0 Å². The zero-order valence-electron chi connectivity index (χ0n) is 23.1. The van der Waals surface area contributed by atoms with Crippen molar-refractivity contribution in [2.75, 3.05) is 43.1 Å². The van der Waals surface area contributed by atoms with E-state index in [0.29, 0.717) is 16.0 Å². The van der Waals surface area contributed by atoms with Gasteiger partial charge in [-0.1, -0.05) is 24.0 Å². The van der Waals surface area contributed by atoms with Crippen molar-refractivity contribution in [3.63, 3.8) is 0 Å². The molecule has 0 radical (unpaired) electrons. The average molecular weight is 617 g/mol. The Morgan fingerprint density at radius 3 is 2.55 bits per heavy atom. The maximum atomic E-state index is 13.6. The first-order valence-corrected chi connectivity index (χ1v) is 16.4. The lowest BCUT2D eigenvalue weighted by molar-refractivity contribution is -0.126. The Labute approximate surface area is 247 Å². The number of ether oxygens (including phenoxy) is 1. The van der Waals surface area contributed by atoms with Crippen LogP contribution in [-0.2, 0) is 16.3 Å². The number of alkyl halides is 3. The van der Waals surface area contributed by atoms with Crippen molar-refractivity contribution in [1.82, 2.24) is 4.90 Å². The van der Waals surface area contributed by atoms with E-state index in [1.54, 1.807) is 12.1 Å². The highest BCUT2D eigenvalue weighted by molar-refractivity contribution is 7.90. The van der Waals surface area contributed by atoms with Gasteiger partial charge < -0.3 is 20.3 Å². The molecule has 12 heteroatoms. The Bertz CT molecular complexity index is 1660. The molecule has 0 amide bonds. The zero-order valence-corrected chi connectivity index (χ0v) is 24.7. The topological polar surface area (TPSA) is 94.5 Å². The summed E-state index contributed by atoms with van der Waals surface area (Å²) in [5.74, 6) is 6.00. The minimum Gasteiger partial charge on any atom is -0.477 e. The Balaban J connectivity index is 1.36. The molecule has 1 aliphatic carbocycles. The summed E-state index contributed by atoms with van der Waals surface area (Å²) in [6, 6.07) is 12.5. The molecule has 0 spiro atoms. The number of nitriles is 1. The van der Waals surface area contributed by atoms with E-state index < -0.39 is 22.4 Å². The third kappa shape index (κ3) is 7.49. The SMILES string of the molecule is CS(=O)(=O)c1ccc(NCC#Cc2sc3c(NC4CCN(C5CC5)CC4)cccc3c2CC(F)(F)F)c(OCC#N)c1. The minimum atomic E-state index is -4.39. The van der Waals surface area contributed by atoms with Crippen LogP contribution in [0.25, 0.3) is 10.1 Å². The first kappa shape index (κ1) is 30.0. The molecule has 5 rings (SSSR count). The highest BCUT2D eigenvalue weighted by Crippen LogP contribution is 2.40. The third-order valence-corrected chi connectivity index (χ3v) is 9.70. The summed E-state index contributed by atoms with van der Waals surface area (Å²) in [5, 5.41) is 16.0. The number of hydrogen-bond donors (Lipinski definition) is 2. The first-order chi connectivity index (χ1) is 20.0. The second-order valence-corrected chi connectivity index (χ2v) is 13.6. The van der Waals surface area contributed by atoms with Crippen molar-refractivity contribution >= 4 is 42.6 Å². The van der Waals surface area contributed by atoms with Gasteiger partial charge in [-0.15, -0.1) is 11.3 Å². The highest BCUT2D eigenvalue weighted by atomic mass is 32.2. The molecule has 1 aliphatic heterocycles. The van der Waals surface area contributed by atoms with Gasteiger partial charge in [0, 0.05) is 37.5 Å². The maximum absolute atomic E-state index is 13.6. The van der Waals surface area contributed by atoms with Crippen molar-refractivity contribution < 1.29 is 26.3 Å². The van der Waals surface area contributed by atoms with Crippen LogP contribution in [0, 0.1) is 23.2 Å². The lowest BCUT2D eigenvalue weighted by Gasteiger charge is -2.33. The molecule has 0 unspecified atom stereocenters. The second-order valence-electron chi connectivity index (χ2n) is 10.6. The Morgan fingerprint density at radius 2 is 1.88 bits per heavy atom. The molecule has 0 atom stereocenters. The summed E-state index contributed by atoms with van der Waals surface area (Å²) in [5.41, 5.74) is 1.41. The Kier molecular flexibility index (Phi) is 8.88. The fourth-order valence-corrected chi connectivity index (χ4v) is 7.01. The van der Waals surface area contributed by atoms with Crippen LogP contribution in [0.5, 0.6) is 5.75 Å². The summed E-state index contributed by atoms with van der Waals surface area (Å²) in [7, 11) is -3.49. The van der Waals surface area contributed by atoms with Gasteiger partial charge in [0.1, 0.15) is 11.8 Å². The van der Waals surface area contributed by atoms with Crippen molar-refractivity contribution in [2.45, 2.75) is 55.3 Å². The van der Waals surface area contributed by atoms with Crippen LogP contribution in [0.15, 0.2) is 41.3 Å². The predicted molar refractivity (Wildman–Crippen MR) is 159 cm³/mol. The van der Waals surface area contributed by atoms with E-state index in [-0.39, 0.29) is 35.4 Å². The molecule has 2 heterocycles. The average Bonchev–Trinajstić information content (AvgIpc) is 3.73. The molecule has 2 aromatic carbocycles. The van der Waals surface area contributed by atoms with Crippen molar-refractivity contribution in [3.05, 3.63) is 46.8 Å². The van der Waals surface area contributed by atoms with Gasteiger partial charge in [-0.05, 0) is 54.8 Å². The molecule has 42 heavy (non-hydrogen) atoms. The fraction of sp³-hybridized carbons (Fsp3) is 0.433. The Morgan fingerprint density at radius 1 is 1.12 bits per heavy atom. The smallest absolute Gasteiger partial charge is 0.393 e. The van der Waals surface area contributed by atoms with Crippen molar-refractivity contribution in [1.29, 1.82) is 5.26 Å². The van der Waals surface area contributed by atoms with E-state index in [9.17, 15) is 21.6 Å². The second kappa shape index (κ2) is 12.4. The molecule has 222 valence electrons. The number of anilines is 2. The van der Waals surface area contributed by atoms with Gasteiger partial charge in [-0.25, -0.2) is 8.42 Å². The minimum absolute atomic E-state index is 0.0343. The largest absolute Gasteiger partial charge is 0.477 e. The molecule has 2 N–H and O–H groups in total. The van der Waals surface area contributed by atoms with Gasteiger partial charge in [0.2, 0.25) is 0 Å². The van der Waals surface area contributed by atoms with Crippen molar-refractivity contribution in [3.8, 4) is 23.7 Å². The van der Waals surface area contributed by atoms with E-state index in [1.165, 1.54) is 42.4 Å². The quantitative estimate of drug-likeness (QED) is 0.293. The summed E-state index contributed by atoms with van der Waals surface area (Å²) < 4.78 is 70.9. The molecule has 1 saturated heterocycles. The monoisotopic (exact) mass is 616 g/mol. The molecule has 2 fully saturated rings. The Hall–Kier alpha value is -3.45. The summed E-state index contributed by atoms with van der Waals surface area (Å²) >= 11 is 1.26. The number of nitrogens with zero attached hydrogens (tertiary/aromatic N) is 2. The first-order valence-electron chi connectivity index (χ1n) is 13.7. The highest BCUT2D eigenvalue weighted by Gasteiger charge is 2.33. The number of sulfone groups is 1. The van der Waals surface area contributed by atoms with Gasteiger partial charge in [-0.2, -0.15) is 18.4 Å². The van der Waals surface area contributed by atoms with Crippen LogP contribution >= 0.6 is 11.3 Å². The van der Waals surface area contributed by atoms with E-state index in [0.717, 1.165) is 48.6 Å². The molecule has 3 aromatic rings. The number of piperidine rings is 1. The lowest BCUT2D eigenvalue weighted by atomic mass is 10.0. The van der Waals surface area contributed by atoms with Gasteiger partial charge in [0.05, 0.1) is 38.8 Å². The van der Waals surface area contributed by atoms with Crippen LogP contribution < -0.4 is 15.4 Å². The molecule has 1 saturated carbocycles. The number of nitrogens with one attached hydrogen (secondary N) is 2. The van der Waals surface area contributed by atoms with Crippen LogP contribution in [-0.4, -0.2) is 64.1 Å². The van der Waals surface area contributed by atoms with Crippen LogP contribution in [0.1, 0.15) is 36.1 Å². The normalized spacial score (nSPS) is 16.5. The molecule has 7 nitrogen and oxygen atoms in total. The number of likely N-dealkylation sites (tertiary alicyclic amines) is 1. The summed E-state index contributed by atoms with van der Waals surface area (Å²) in [6.45, 7) is 1.84. The third-order valence-electron chi connectivity index (χ3n) is 7.39. The number of thiophene rings is 1. The van der Waals surface area contributed by atoms with Gasteiger partial charge in [0.25, 0.3) is 0 Å². The van der Waals surface area contributed by atoms with E-state index in [1.807, 2.05) is 12.1 Å². The van der Waals surface area contributed by atoms with E-state index in [4.69, 9.17) is 10.00 Å². The number of benzene rings is 2. The number of halogens is 3. The summed E-state index contributed by atoms with van der Waals surface area (Å²) in [6.07, 6.45) is 0.146. The molecular weight excluding hydrogens is 585 g/mol. The summed E-state index contributed by atoms with van der Waals surface area (Å²) in [4.78, 5) is 2.92. The standard InChI is InChI=1S/C30H31F3N4O3S2/c1-42(38,39)22-9-10-25(27(18-22)40-17-13-34)35-14-3-6-28-24(19-30(31,32)33)23-4-2-5-26(29(23)41-28)36-20-11-15-37(16-12-20)21-7-8-21/h2,4-5,9-10,18,20-21,35-36H,7-8,11-12,14-17,19H2,1H3. The zero-order chi connectivity index (χ0) is 29.9. The van der Waals surface area contributed by atoms with Crippen molar-refractivity contribution in [2.24, 2.45) is 0 Å². The van der Waals surface area contributed by atoms with Gasteiger partial charge in [-0.3, -0.25) is 0 Å². The lowest BCUT2D eigenvalue weighted by Crippen LogP contribution is -2.40. The molecule has 0 bridgehead atoms. The fourth-order valence-electron chi connectivity index (χ4n) is 5.20. The molecule has 1 aromatic heterocycles. The van der Waals surface area contributed by atoms with Gasteiger partial charge >= 0.3 is 6.18 Å². The number of rotatable bonds is 9. The predicted octanol–water partition coefficient (Wildman–Crippen LogP) is 5.81. The number of hydrogen-bond acceptors (Lipinski definition) is 8. The van der Waals surface area contributed by atoms with Crippen LogP contribution in [0.3, 0.4) is 0 Å². The van der Waals surface area contributed by atoms with E-state index in [2.05, 4.69) is 27.4 Å². The van der Waals surface area contributed by atoms with E-state index >= 15 is 0 Å². The molecule has 2 aliphatic rings. The number of fused-ring (bicyclic) bond motifs is 1.